The lowest BCUT2D eigenvalue weighted by Gasteiger charge is -2.15. The minimum atomic E-state index is 0. The fourth-order valence-corrected chi connectivity index (χ4v) is 1.01. The van der Waals surface area contributed by atoms with E-state index in [4.69, 9.17) is 0 Å². The van der Waals surface area contributed by atoms with Gasteiger partial charge >= 0.3 is 0 Å². The van der Waals surface area contributed by atoms with Crippen LogP contribution in [0.5, 0.6) is 0 Å². The van der Waals surface area contributed by atoms with Gasteiger partial charge in [0.25, 0.3) is 0 Å². The van der Waals surface area contributed by atoms with Gasteiger partial charge in [-0.15, -0.1) is 0 Å². The van der Waals surface area contributed by atoms with Crippen LogP contribution in [0.25, 0.3) is 0 Å². The zero-order valence-electron chi connectivity index (χ0n) is 6.56. The third-order valence-corrected chi connectivity index (χ3v) is 1.42. The zero-order chi connectivity index (χ0) is 7.44. The summed E-state index contributed by atoms with van der Waals surface area (Å²) in [4.78, 5) is 10.8. The quantitative estimate of drug-likeness (QED) is 0.651. The number of ketones is 1. The molecule has 0 saturated carbocycles. The average molecular weight is 145 g/mol. The Morgan fingerprint density at radius 3 is 1.80 bits per heavy atom. The molecule has 0 aliphatic heterocycles. The van der Waals surface area contributed by atoms with Crippen LogP contribution in [-0.2, 0) is 4.79 Å². The molecular formula is C8H19NO. The Bertz CT molecular complexity index is 99.4. The molecule has 0 aliphatic carbocycles. The van der Waals surface area contributed by atoms with Gasteiger partial charge in [-0.2, -0.15) is 0 Å². The standard InChI is InChI=1S/C7H15NO.CH4/c1-5(2)7(8-4)6(3)9;/h5,7-8H,1-4H3;1H4. The minimum absolute atomic E-state index is 0. The van der Waals surface area contributed by atoms with E-state index in [1.54, 1.807) is 6.92 Å². The van der Waals surface area contributed by atoms with Crippen molar-refractivity contribution in [2.75, 3.05) is 7.05 Å². The van der Waals surface area contributed by atoms with Crippen molar-refractivity contribution in [3.8, 4) is 0 Å². The van der Waals surface area contributed by atoms with Gasteiger partial charge in [-0.3, -0.25) is 4.79 Å². The van der Waals surface area contributed by atoms with Gasteiger partial charge in [-0.1, -0.05) is 21.3 Å². The molecule has 0 bridgehead atoms. The molecule has 1 unspecified atom stereocenters. The van der Waals surface area contributed by atoms with Crippen LogP contribution >= 0.6 is 0 Å². The van der Waals surface area contributed by atoms with E-state index in [1.165, 1.54) is 0 Å². The van der Waals surface area contributed by atoms with Crippen molar-refractivity contribution < 1.29 is 4.79 Å². The molecule has 0 radical (unpaired) electrons. The molecule has 2 nitrogen and oxygen atoms in total. The predicted molar refractivity (Wildman–Crippen MR) is 45.1 cm³/mol. The molecule has 1 N–H and O–H groups in total. The van der Waals surface area contributed by atoms with E-state index >= 15 is 0 Å². The Morgan fingerprint density at radius 1 is 1.40 bits per heavy atom. The highest BCUT2D eigenvalue weighted by Crippen LogP contribution is 2.00. The zero-order valence-corrected chi connectivity index (χ0v) is 6.56. The number of Topliss-reactive ketones (excluding diaryl/α,β-unsaturated/α-hetero) is 1. The maximum atomic E-state index is 10.8. The average Bonchev–Trinajstić information content (AvgIpc) is 1.64. The normalized spacial score (nSPS) is 12.5. The summed E-state index contributed by atoms with van der Waals surface area (Å²) in [6, 6.07) is 0.0324. The van der Waals surface area contributed by atoms with Gasteiger partial charge in [0.05, 0.1) is 6.04 Å². The molecule has 62 valence electrons. The number of hydrogen-bond donors (Lipinski definition) is 1. The predicted octanol–water partition coefficient (Wildman–Crippen LogP) is 1.46. The Balaban J connectivity index is 0. The van der Waals surface area contributed by atoms with Gasteiger partial charge in [-0.25, -0.2) is 0 Å². The van der Waals surface area contributed by atoms with Gasteiger partial charge < -0.3 is 5.32 Å². The number of nitrogens with one attached hydrogen (secondary N) is 1. The summed E-state index contributed by atoms with van der Waals surface area (Å²) in [6.07, 6.45) is 0. The second-order valence-corrected chi connectivity index (χ2v) is 2.62. The summed E-state index contributed by atoms with van der Waals surface area (Å²) in [7, 11) is 1.81. The Kier molecular flexibility index (Phi) is 6.67. The molecule has 0 aromatic heterocycles. The Morgan fingerprint density at radius 2 is 1.80 bits per heavy atom. The van der Waals surface area contributed by atoms with Gasteiger partial charge in [0.1, 0.15) is 5.78 Å². The second kappa shape index (κ2) is 5.42. The largest absolute Gasteiger partial charge is 0.310 e. The first-order valence-electron chi connectivity index (χ1n) is 3.27. The first-order valence-corrected chi connectivity index (χ1v) is 3.27. The summed E-state index contributed by atoms with van der Waals surface area (Å²) in [5.41, 5.74) is 0. The number of likely N-dealkylation sites (N-methyl/N-ethyl adjacent to an activating group) is 1. The molecule has 2 heteroatoms. The summed E-state index contributed by atoms with van der Waals surface area (Å²) >= 11 is 0. The van der Waals surface area contributed by atoms with Crippen LogP contribution in [0.3, 0.4) is 0 Å². The molecule has 10 heavy (non-hydrogen) atoms. The van der Waals surface area contributed by atoms with Gasteiger partial charge in [0.15, 0.2) is 0 Å². The molecule has 0 aromatic carbocycles. The van der Waals surface area contributed by atoms with Crippen LogP contribution in [0.15, 0.2) is 0 Å². The number of carbonyl (C=O) groups excluding carboxylic acids is 1. The lowest BCUT2D eigenvalue weighted by molar-refractivity contribution is -0.119. The molecule has 0 fully saturated rings. The van der Waals surface area contributed by atoms with Crippen molar-refractivity contribution in [1.29, 1.82) is 0 Å². The molecule has 0 amide bonds. The fraction of sp³-hybridized carbons (Fsp3) is 0.875. The van der Waals surface area contributed by atoms with Crippen LogP contribution in [0.1, 0.15) is 28.2 Å². The first-order chi connectivity index (χ1) is 4.09. The first kappa shape index (κ1) is 12.3. The topological polar surface area (TPSA) is 29.1 Å². The van der Waals surface area contributed by atoms with E-state index in [2.05, 4.69) is 5.32 Å². The van der Waals surface area contributed by atoms with Crippen LogP contribution in [0.4, 0.5) is 0 Å². The highest BCUT2D eigenvalue weighted by atomic mass is 16.1. The summed E-state index contributed by atoms with van der Waals surface area (Å²) < 4.78 is 0. The smallest absolute Gasteiger partial charge is 0.146 e. The van der Waals surface area contributed by atoms with Crippen LogP contribution in [0.2, 0.25) is 0 Å². The van der Waals surface area contributed by atoms with Crippen molar-refractivity contribution >= 4 is 5.78 Å². The number of hydrogen-bond acceptors (Lipinski definition) is 2. The highest BCUT2D eigenvalue weighted by Gasteiger charge is 2.14. The molecular weight excluding hydrogens is 126 g/mol. The van der Waals surface area contributed by atoms with E-state index in [1.807, 2.05) is 20.9 Å². The summed E-state index contributed by atoms with van der Waals surface area (Å²) in [5, 5.41) is 2.95. The number of rotatable bonds is 3. The lowest BCUT2D eigenvalue weighted by atomic mass is 10.0. The molecule has 0 heterocycles. The van der Waals surface area contributed by atoms with E-state index in [0.717, 1.165) is 0 Å². The lowest BCUT2D eigenvalue weighted by Crippen LogP contribution is -2.36. The summed E-state index contributed by atoms with van der Waals surface area (Å²) in [5.74, 6) is 0.611. The van der Waals surface area contributed by atoms with E-state index in [-0.39, 0.29) is 19.3 Å². The van der Waals surface area contributed by atoms with E-state index in [0.29, 0.717) is 5.92 Å². The Hall–Kier alpha value is -0.370. The van der Waals surface area contributed by atoms with Crippen molar-refractivity contribution in [3.63, 3.8) is 0 Å². The van der Waals surface area contributed by atoms with Gasteiger partial charge in [-0.05, 0) is 19.9 Å². The Labute approximate surface area is 64.0 Å². The van der Waals surface area contributed by atoms with Crippen LogP contribution < -0.4 is 5.32 Å². The highest BCUT2D eigenvalue weighted by molar-refractivity contribution is 5.81. The maximum absolute atomic E-state index is 10.8. The molecule has 1 atom stereocenters. The van der Waals surface area contributed by atoms with Gasteiger partial charge in [0.2, 0.25) is 0 Å². The van der Waals surface area contributed by atoms with Crippen molar-refractivity contribution in [2.45, 2.75) is 34.2 Å². The number of carbonyl (C=O) groups is 1. The molecule has 0 spiro atoms. The monoisotopic (exact) mass is 145 g/mol. The van der Waals surface area contributed by atoms with Crippen LogP contribution in [0, 0.1) is 5.92 Å². The second-order valence-electron chi connectivity index (χ2n) is 2.62. The molecule has 0 rings (SSSR count). The van der Waals surface area contributed by atoms with Crippen molar-refractivity contribution in [3.05, 3.63) is 0 Å². The maximum Gasteiger partial charge on any atom is 0.146 e. The third kappa shape index (κ3) is 3.62. The van der Waals surface area contributed by atoms with Crippen molar-refractivity contribution in [2.24, 2.45) is 5.92 Å². The summed E-state index contributed by atoms with van der Waals surface area (Å²) in [6.45, 7) is 5.67. The van der Waals surface area contributed by atoms with Crippen LogP contribution in [-0.4, -0.2) is 18.9 Å². The fourth-order valence-electron chi connectivity index (χ4n) is 1.01. The molecule has 0 saturated heterocycles. The van der Waals surface area contributed by atoms with Crippen molar-refractivity contribution in [1.82, 2.24) is 5.32 Å². The van der Waals surface area contributed by atoms with Gasteiger partial charge in [0, 0.05) is 0 Å². The third-order valence-electron chi connectivity index (χ3n) is 1.42. The van der Waals surface area contributed by atoms with E-state index < -0.39 is 0 Å². The minimum Gasteiger partial charge on any atom is -0.310 e. The SMILES string of the molecule is C.CNC(C(C)=O)C(C)C. The molecule has 0 aromatic rings. The van der Waals surface area contributed by atoms with E-state index in [9.17, 15) is 4.79 Å². The molecule has 0 aliphatic rings.